The van der Waals surface area contributed by atoms with Gasteiger partial charge in [-0.25, -0.2) is 8.42 Å². The van der Waals surface area contributed by atoms with Crippen LogP contribution in [0.15, 0.2) is 30.3 Å². The average molecular weight is 324 g/mol. The molecule has 0 radical (unpaired) electrons. The number of sulfone groups is 1. The number of non-ortho nitro benzene ring substituents is 1. The van der Waals surface area contributed by atoms with E-state index in [-0.39, 0.29) is 17.2 Å². The summed E-state index contributed by atoms with van der Waals surface area (Å²) in [6.45, 7) is 1.69. The molecule has 1 N–H and O–H groups in total. The summed E-state index contributed by atoms with van der Waals surface area (Å²) in [5, 5.41) is 13.3. The molecule has 1 saturated heterocycles. The van der Waals surface area contributed by atoms with Gasteiger partial charge in [-0.05, 0) is 25.0 Å². The van der Waals surface area contributed by atoms with E-state index < -0.39 is 26.2 Å². The molecule has 1 aliphatic heterocycles. The van der Waals surface area contributed by atoms with Crippen LogP contribution < -0.4 is 5.32 Å². The molecule has 7 nitrogen and oxygen atoms in total. The van der Waals surface area contributed by atoms with Crippen molar-refractivity contribution in [1.82, 2.24) is 5.32 Å². The van der Waals surface area contributed by atoms with Crippen molar-refractivity contribution in [1.29, 1.82) is 0 Å². The number of benzene rings is 1. The fourth-order valence-corrected chi connectivity index (χ4v) is 4.46. The quantitative estimate of drug-likeness (QED) is 0.510. The fraction of sp³-hybridized carbons (Fsp3) is 0.357. The number of rotatable bonds is 4. The van der Waals surface area contributed by atoms with Crippen molar-refractivity contribution in [3.8, 4) is 0 Å². The van der Waals surface area contributed by atoms with Gasteiger partial charge < -0.3 is 5.32 Å². The van der Waals surface area contributed by atoms with E-state index in [0.29, 0.717) is 12.0 Å². The lowest BCUT2D eigenvalue weighted by atomic mass is 10.0. The second kappa shape index (κ2) is 5.88. The minimum Gasteiger partial charge on any atom is -0.346 e. The maximum atomic E-state index is 11.9. The number of nitro groups is 1. The van der Waals surface area contributed by atoms with Crippen molar-refractivity contribution in [2.24, 2.45) is 0 Å². The average Bonchev–Trinajstić information content (AvgIpc) is 2.70. The normalized spacial score (nSPS) is 23.5. The van der Waals surface area contributed by atoms with Gasteiger partial charge in [0.25, 0.3) is 5.69 Å². The topological polar surface area (TPSA) is 106 Å². The smallest absolute Gasteiger partial charge is 0.270 e. The first-order valence-electron chi connectivity index (χ1n) is 6.64. The summed E-state index contributed by atoms with van der Waals surface area (Å²) in [6, 6.07) is 5.88. The maximum absolute atomic E-state index is 11.9. The number of carbonyl (C=O) groups excluding carboxylic acids is 1. The van der Waals surface area contributed by atoms with Gasteiger partial charge in [-0.1, -0.05) is 12.1 Å². The Morgan fingerprint density at radius 2 is 2.18 bits per heavy atom. The molecule has 1 unspecified atom stereocenters. The van der Waals surface area contributed by atoms with Crippen molar-refractivity contribution in [3.05, 3.63) is 46.0 Å². The van der Waals surface area contributed by atoms with Crippen LogP contribution in [-0.2, 0) is 14.6 Å². The summed E-state index contributed by atoms with van der Waals surface area (Å²) < 4.78 is 23.0. The fourth-order valence-electron chi connectivity index (χ4n) is 2.36. The summed E-state index contributed by atoms with van der Waals surface area (Å²) >= 11 is 0. The number of hydrogen-bond donors (Lipinski definition) is 1. The molecule has 0 aromatic heterocycles. The summed E-state index contributed by atoms with van der Waals surface area (Å²) in [5.41, 5.74) is -0.298. The summed E-state index contributed by atoms with van der Waals surface area (Å²) in [7, 11) is -3.10. The van der Waals surface area contributed by atoms with Crippen molar-refractivity contribution in [2.75, 3.05) is 11.5 Å². The predicted octanol–water partition coefficient (Wildman–Crippen LogP) is 1.30. The van der Waals surface area contributed by atoms with Crippen molar-refractivity contribution >= 4 is 27.5 Å². The number of nitrogens with zero attached hydrogens (tertiary/aromatic N) is 1. The van der Waals surface area contributed by atoms with Crippen LogP contribution >= 0.6 is 0 Å². The van der Waals surface area contributed by atoms with Crippen LogP contribution in [0.5, 0.6) is 0 Å². The largest absolute Gasteiger partial charge is 0.346 e. The van der Waals surface area contributed by atoms with E-state index in [1.54, 1.807) is 13.0 Å². The minimum absolute atomic E-state index is 0.0589. The molecular formula is C14H16N2O5S. The minimum atomic E-state index is -3.10. The highest BCUT2D eigenvalue weighted by atomic mass is 32.2. The number of amides is 1. The standard InChI is InChI=1S/C14H16N2O5S/c1-14(7-8-22(20,21)10-14)15-13(17)6-5-11-3-2-4-12(9-11)16(18)19/h2-6,9H,7-8,10H2,1H3,(H,15,17)/b6-5+. The Labute approximate surface area is 128 Å². The molecule has 1 amide bonds. The molecule has 2 rings (SSSR count). The molecule has 22 heavy (non-hydrogen) atoms. The highest BCUT2D eigenvalue weighted by Gasteiger charge is 2.39. The van der Waals surface area contributed by atoms with Crippen molar-refractivity contribution in [2.45, 2.75) is 18.9 Å². The number of nitrogens with one attached hydrogen (secondary N) is 1. The molecule has 1 fully saturated rings. The zero-order valence-corrected chi connectivity index (χ0v) is 12.8. The highest BCUT2D eigenvalue weighted by molar-refractivity contribution is 7.91. The molecule has 118 valence electrons. The van der Waals surface area contributed by atoms with Gasteiger partial charge in [-0.2, -0.15) is 0 Å². The Hall–Kier alpha value is -2.22. The van der Waals surface area contributed by atoms with Crippen molar-refractivity contribution < 1.29 is 18.1 Å². The molecular weight excluding hydrogens is 308 g/mol. The van der Waals surface area contributed by atoms with Gasteiger partial charge in [-0.3, -0.25) is 14.9 Å². The Kier molecular flexibility index (Phi) is 4.32. The first-order valence-corrected chi connectivity index (χ1v) is 8.46. The van der Waals surface area contributed by atoms with Crippen LogP contribution in [0.3, 0.4) is 0 Å². The van der Waals surface area contributed by atoms with E-state index in [1.165, 1.54) is 30.4 Å². The van der Waals surface area contributed by atoms with Crippen LogP contribution in [0, 0.1) is 10.1 Å². The Balaban J connectivity index is 2.03. The monoisotopic (exact) mass is 324 g/mol. The second-order valence-electron chi connectivity index (χ2n) is 5.58. The maximum Gasteiger partial charge on any atom is 0.270 e. The van der Waals surface area contributed by atoms with Crippen molar-refractivity contribution in [3.63, 3.8) is 0 Å². The summed E-state index contributed by atoms with van der Waals surface area (Å²) in [5.74, 6) is -0.430. The van der Waals surface area contributed by atoms with E-state index in [1.807, 2.05) is 0 Å². The molecule has 0 spiro atoms. The van der Waals surface area contributed by atoms with Gasteiger partial charge in [0.05, 0.1) is 22.0 Å². The second-order valence-corrected chi connectivity index (χ2v) is 7.76. The van der Waals surface area contributed by atoms with Crippen LogP contribution in [0.25, 0.3) is 6.08 Å². The van der Waals surface area contributed by atoms with E-state index in [4.69, 9.17) is 0 Å². The molecule has 1 aromatic carbocycles. The third-order valence-electron chi connectivity index (χ3n) is 3.44. The van der Waals surface area contributed by atoms with Crippen LogP contribution in [-0.4, -0.2) is 36.3 Å². The summed E-state index contributed by atoms with van der Waals surface area (Å²) in [6.07, 6.45) is 3.08. The predicted molar refractivity (Wildman–Crippen MR) is 81.9 cm³/mol. The Morgan fingerprint density at radius 3 is 2.77 bits per heavy atom. The van der Waals surface area contributed by atoms with E-state index in [9.17, 15) is 23.3 Å². The van der Waals surface area contributed by atoms with Crippen LogP contribution in [0.1, 0.15) is 18.9 Å². The van der Waals surface area contributed by atoms with E-state index in [0.717, 1.165) is 0 Å². The van der Waals surface area contributed by atoms with Gasteiger partial charge in [-0.15, -0.1) is 0 Å². The lowest BCUT2D eigenvalue weighted by Gasteiger charge is -2.22. The molecule has 1 aromatic rings. The molecule has 0 aliphatic carbocycles. The van der Waals surface area contributed by atoms with Gasteiger partial charge >= 0.3 is 0 Å². The molecule has 1 atom stereocenters. The lowest BCUT2D eigenvalue weighted by molar-refractivity contribution is -0.384. The summed E-state index contributed by atoms with van der Waals surface area (Å²) in [4.78, 5) is 22.0. The van der Waals surface area contributed by atoms with Gasteiger partial charge in [0.2, 0.25) is 5.91 Å². The SMILES string of the molecule is CC1(NC(=O)/C=C/c2cccc([N+](=O)[O-])c2)CCS(=O)(=O)C1. The first kappa shape index (κ1) is 16.2. The van der Waals surface area contributed by atoms with Crippen LogP contribution in [0.2, 0.25) is 0 Å². The highest BCUT2D eigenvalue weighted by Crippen LogP contribution is 2.22. The number of hydrogen-bond acceptors (Lipinski definition) is 5. The van der Waals surface area contributed by atoms with Gasteiger partial charge in [0, 0.05) is 18.2 Å². The Bertz CT molecular complexity index is 741. The molecule has 1 aliphatic rings. The molecule has 8 heteroatoms. The lowest BCUT2D eigenvalue weighted by Crippen LogP contribution is -2.46. The number of nitro benzene ring substituents is 1. The molecule has 1 heterocycles. The van der Waals surface area contributed by atoms with Gasteiger partial charge in [0.1, 0.15) is 0 Å². The molecule has 0 saturated carbocycles. The zero-order valence-electron chi connectivity index (χ0n) is 12.0. The first-order chi connectivity index (χ1) is 10.2. The van der Waals surface area contributed by atoms with Gasteiger partial charge in [0.15, 0.2) is 9.84 Å². The van der Waals surface area contributed by atoms with E-state index in [2.05, 4.69) is 5.32 Å². The number of carbonyl (C=O) groups is 1. The third-order valence-corrected chi connectivity index (χ3v) is 5.34. The Morgan fingerprint density at radius 1 is 1.45 bits per heavy atom. The van der Waals surface area contributed by atoms with E-state index >= 15 is 0 Å². The zero-order chi connectivity index (χ0) is 16.4. The third kappa shape index (κ3) is 4.14. The van der Waals surface area contributed by atoms with Crippen LogP contribution in [0.4, 0.5) is 5.69 Å². The molecule has 0 bridgehead atoms.